The molecule has 0 bridgehead atoms. The number of carbonyl (C=O) groups excluding carboxylic acids is 1. The average molecular weight is 435 g/mol. The van der Waals surface area contributed by atoms with Gasteiger partial charge in [0.1, 0.15) is 5.82 Å². The van der Waals surface area contributed by atoms with Crippen LogP contribution in [-0.4, -0.2) is 24.1 Å². The number of hydrogen-bond donors (Lipinski definition) is 1. The van der Waals surface area contributed by atoms with Gasteiger partial charge in [-0.1, -0.05) is 29.8 Å². The lowest BCUT2D eigenvalue weighted by Gasteiger charge is -2.14. The topological polar surface area (TPSA) is 81.1 Å². The van der Waals surface area contributed by atoms with Crippen molar-refractivity contribution in [3.05, 3.63) is 76.5 Å². The van der Waals surface area contributed by atoms with Crippen molar-refractivity contribution in [2.45, 2.75) is 24.6 Å². The van der Waals surface area contributed by atoms with Crippen molar-refractivity contribution in [3.8, 4) is 5.69 Å². The van der Waals surface area contributed by atoms with Crippen LogP contribution in [0.5, 0.6) is 0 Å². The van der Waals surface area contributed by atoms with Crippen molar-refractivity contribution in [2.24, 2.45) is 0 Å². The summed E-state index contributed by atoms with van der Waals surface area (Å²) in [5.41, 5.74) is 0.449. The van der Waals surface area contributed by atoms with Gasteiger partial charge in [0.15, 0.2) is 9.84 Å². The zero-order valence-electron chi connectivity index (χ0n) is 15.7. The Bertz CT molecular complexity index is 1250. The number of carbonyl (C=O) groups is 1. The van der Waals surface area contributed by atoms with Crippen molar-refractivity contribution in [1.29, 1.82) is 0 Å². The molecule has 1 aliphatic heterocycles. The highest BCUT2D eigenvalue weighted by molar-refractivity contribution is 7.90. The van der Waals surface area contributed by atoms with Crippen molar-refractivity contribution >= 4 is 21.6 Å². The van der Waals surface area contributed by atoms with Gasteiger partial charge in [0, 0.05) is 5.56 Å². The lowest BCUT2D eigenvalue weighted by molar-refractivity contribution is -0.137. The maximum absolute atomic E-state index is 13.3. The summed E-state index contributed by atoms with van der Waals surface area (Å²) in [6.45, 7) is 1.89. The highest BCUT2D eigenvalue weighted by atomic mass is 32.2. The summed E-state index contributed by atoms with van der Waals surface area (Å²) < 4.78 is 65.3. The Morgan fingerprint density at radius 1 is 1.07 bits per heavy atom. The quantitative estimate of drug-likeness (QED) is 0.677. The molecule has 1 aliphatic rings. The van der Waals surface area contributed by atoms with Crippen LogP contribution in [0, 0.1) is 6.92 Å². The molecular weight excluding hydrogens is 419 g/mol. The van der Waals surface area contributed by atoms with Crippen LogP contribution in [0.4, 0.5) is 19.0 Å². The summed E-state index contributed by atoms with van der Waals surface area (Å²) in [6.07, 6.45) is -4.71. The van der Waals surface area contributed by atoms with Gasteiger partial charge in [-0.05, 0) is 31.2 Å². The van der Waals surface area contributed by atoms with E-state index in [0.717, 1.165) is 17.7 Å². The van der Waals surface area contributed by atoms with E-state index < -0.39 is 33.0 Å². The number of sulfone groups is 1. The van der Waals surface area contributed by atoms with Gasteiger partial charge in [0.25, 0.3) is 5.91 Å². The zero-order chi connectivity index (χ0) is 21.7. The Kier molecular flexibility index (Phi) is 4.69. The third-order valence-electron chi connectivity index (χ3n) is 4.78. The fourth-order valence-corrected chi connectivity index (χ4v) is 4.84. The predicted octanol–water partition coefficient (Wildman–Crippen LogP) is 3.88. The van der Waals surface area contributed by atoms with Gasteiger partial charge in [-0.2, -0.15) is 18.3 Å². The largest absolute Gasteiger partial charge is 0.417 e. The number of rotatable bonds is 3. The van der Waals surface area contributed by atoms with E-state index in [0.29, 0.717) is 5.69 Å². The maximum Gasteiger partial charge on any atom is 0.417 e. The van der Waals surface area contributed by atoms with Crippen LogP contribution in [0.3, 0.4) is 0 Å². The SMILES string of the molecule is Cc1ccc(-n2nc3c(c2NC(=O)c2ccccc2C(F)(F)F)CS(=O)(=O)C3)cc1. The zero-order valence-corrected chi connectivity index (χ0v) is 16.5. The molecule has 30 heavy (non-hydrogen) atoms. The number of nitrogens with zero attached hydrogens (tertiary/aromatic N) is 2. The van der Waals surface area contributed by atoms with Crippen LogP contribution in [0.1, 0.15) is 32.7 Å². The van der Waals surface area contributed by atoms with Crippen molar-refractivity contribution in [1.82, 2.24) is 9.78 Å². The number of halogens is 3. The van der Waals surface area contributed by atoms with Crippen LogP contribution >= 0.6 is 0 Å². The van der Waals surface area contributed by atoms with Gasteiger partial charge in [-0.15, -0.1) is 0 Å². The van der Waals surface area contributed by atoms with E-state index in [1.165, 1.54) is 16.8 Å². The van der Waals surface area contributed by atoms with E-state index in [4.69, 9.17) is 0 Å². The number of aromatic nitrogens is 2. The summed E-state index contributed by atoms with van der Waals surface area (Å²) in [4.78, 5) is 12.8. The highest BCUT2D eigenvalue weighted by Gasteiger charge is 2.37. The summed E-state index contributed by atoms with van der Waals surface area (Å²) in [7, 11) is -3.43. The molecule has 0 radical (unpaired) electrons. The second-order valence-corrected chi connectivity index (χ2v) is 9.12. The molecule has 0 saturated heterocycles. The van der Waals surface area contributed by atoms with Crippen LogP contribution in [0.15, 0.2) is 48.5 Å². The summed E-state index contributed by atoms with van der Waals surface area (Å²) in [5, 5.41) is 6.77. The molecule has 0 saturated carbocycles. The first-order chi connectivity index (χ1) is 14.0. The number of fused-ring (bicyclic) bond motifs is 1. The Labute approximate surface area is 170 Å². The van der Waals surface area contributed by atoms with Gasteiger partial charge in [-0.3, -0.25) is 4.79 Å². The Balaban J connectivity index is 1.80. The van der Waals surface area contributed by atoms with Crippen molar-refractivity contribution in [3.63, 3.8) is 0 Å². The van der Waals surface area contributed by atoms with Gasteiger partial charge in [0.2, 0.25) is 0 Å². The Hall–Kier alpha value is -3.14. The number of alkyl halides is 3. The molecule has 1 amide bonds. The number of aryl methyl sites for hydroxylation is 1. The van der Waals surface area contributed by atoms with Gasteiger partial charge >= 0.3 is 6.18 Å². The van der Waals surface area contributed by atoms with Gasteiger partial charge < -0.3 is 5.32 Å². The van der Waals surface area contributed by atoms with Crippen molar-refractivity contribution < 1.29 is 26.4 Å². The second-order valence-electron chi connectivity index (χ2n) is 7.05. The average Bonchev–Trinajstić information content (AvgIpc) is 3.14. The Morgan fingerprint density at radius 3 is 2.40 bits per heavy atom. The molecule has 1 N–H and O–H groups in total. The minimum atomic E-state index is -4.71. The lowest BCUT2D eigenvalue weighted by Crippen LogP contribution is -2.21. The molecule has 3 aromatic rings. The first kappa shape index (κ1) is 20.1. The van der Waals surface area contributed by atoms with Gasteiger partial charge in [0.05, 0.1) is 34.0 Å². The fourth-order valence-electron chi connectivity index (χ4n) is 3.35. The summed E-state index contributed by atoms with van der Waals surface area (Å²) >= 11 is 0. The first-order valence-corrected chi connectivity index (χ1v) is 10.7. The van der Waals surface area contributed by atoms with E-state index in [1.54, 1.807) is 12.1 Å². The van der Waals surface area contributed by atoms with E-state index >= 15 is 0 Å². The number of amides is 1. The number of hydrogen-bond acceptors (Lipinski definition) is 4. The molecule has 156 valence electrons. The highest BCUT2D eigenvalue weighted by Crippen LogP contribution is 2.35. The number of anilines is 1. The third kappa shape index (κ3) is 3.70. The number of nitrogens with one attached hydrogen (secondary N) is 1. The normalized spacial score (nSPS) is 15.1. The van der Waals surface area contributed by atoms with Crippen LogP contribution in [0.25, 0.3) is 5.69 Å². The van der Waals surface area contributed by atoms with Crippen molar-refractivity contribution in [2.75, 3.05) is 5.32 Å². The molecule has 1 aromatic heterocycles. The first-order valence-electron chi connectivity index (χ1n) is 8.91. The van der Waals surface area contributed by atoms with E-state index in [9.17, 15) is 26.4 Å². The molecule has 6 nitrogen and oxygen atoms in total. The van der Waals surface area contributed by atoms with Gasteiger partial charge in [-0.25, -0.2) is 13.1 Å². The van der Waals surface area contributed by atoms with Crippen LogP contribution in [-0.2, 0) is 27.5 Å². The molecule has 4 rings (SSSR count). The fraction of sp³-hybridized carbons (Fsp3) is 0.200. The minimum Gasteiger partial charge on any atom is -0.306 e. The molecule has 10 heteroatoms. The molecule has 0 atom stereocenters. The molecule has 0 fully saturated rings. The standard InChI is InChI=1S/C20H16F3N3O3S/c1-12-6-8-13(9-7-12)26-18(15-10-30(28,29)11-17(15)25-26)24-19(27)14-4-2-3-5-16(14)20(21,22)23/h2-9H,10-11H2,1H3,(H,24,27). The predicted molar refractivity (Wildman–Crippen MR) is 104 cm³/mol. The Morgan fingerprint density at radius 2 is 1.73 bits per heavy atom. The van der Waals surface area contributed by atoms with Crippen LogP contribution < -0.4 is 5.32 Å². The van der Waals surface area contributed by atoms with E-state index in [1.807, 2.05) is 19.1 Å². The molecule has 0 unspecified atom stereocenters. The lowest BCUT2D eigenvalue weighted by atomic mass is 10.1. The molecular formula is C20H16F3N3O3S. The van der Waals surface area contributed by atoms with E-state index in [2.05, 4.69) is 10.4 Å². The van der Waals surface area contributed by atoms with Crippen LogP contribution in [0.2, 0.25) is 0 Å². The summed E-state index contributed by atoms with van der Waals surface area (Å²) in [5.74, 6) is -1.58. The smallest absolute Gasteiger partial charge is 0.306 e. The van der Waals surface area contributed by atoms with E-state index in [-0.39, 0.29) is 28.6 Å². The molecule has 2 heterocycles. The monoisotopic (exact) mass is 435 g/mol. The second kappa shape index (κ2) is 6.98. The molecule has 2 aromatic carbocycles. The maximum atomic E-state index is 13.3. The summed E-state index contributed by atoms with van der Waals surface area (Å²) in [6, 6.07) is 11.5. The number of benzene rings is 2. The molecule has 0 aliphatic carbocycles. The molecule has 0 spiro atoms. The minimum absolute atomic E-state index is 0.0527. The third-order valence-corrected chi connectivity index (χ3v) is 6.22.